The highest BCUT2D eigenvalue weighted by atomic mass is 16.3. The Bertz CT molecular complexity index is 222. The smallest absolute Gasteiger partial charge is 0.166 e. The van der Waals surface area contributed by atoms with Gasteiger partial charge in [0, 0.05) is 5.69 Å². The average molecular weight is 124 g/mol. The lowest BCUT2D eigenvalue weighted by molar-refractivity contribution is 0.475. The average Bonchev–Trinajstić information content (AvgIpc) is 1.80. The van der Waals surface area contributed by atoms with Crippen molar-refractivity contribution in [1.29, 1.82) is 0 Å². The van der Waals surface area contributed by atoms with Crippen LogP contribution in [-0.4, -0.2) is 10.1 Å². The number of anilines is 1. The van der Waals surface area contributed by atoms with Crippen molar-refractivity contribution in [3.8, 4) is 5.75 Å². The van der Waals surface area contributed by atoms with Gasteiger partial charge in [-0.05, 0) is 19.1 Å². The summed E-state index contributed by atoms with van der Waals surface area (Å²) < 4.78 is 0. The summed E-state index contributed by atoms with van der Waals surface area (Å²) in [6.07, 6.45) is 0. The van der Waals surface area contributed by atoms with Crippen LogP contribution in [0, 0.1) is 6.92 Å². The lowest BCUT2D eigenvalue weighted by Crippen LogP contribution is -1.91. The van der Waals surface area contributed by atoms with E-state index in [0.717, 1.165) is 5.69 Å². The number of nitrogen functional groups attached to an aromatic ring is 1. The van der Waals surface area contributed by atoms with E-state index in [2.05, 4.69) is 4.98 Å². The number of rotatable bonds is 0. The molecule has 0 bridgehead atoms. The van der Waals surface area contributed by atoms with Crippen LogP contribution in [0.25, 0.3) is 0 Å². The Labute approximate surface area is 53.2 Å². The van der Waals surface area contributed by atoms with Gasteiger partial charge >= 0.3 is 0 Å². The summed E-state index contributed by atoms with van der Waals surface area (Å²) in [5.41, 5.74) is 6.07. The predicted molar refractivity (Wildman–Crippen MR) is 35.1 cm³/mol. The normalized spacial score (nSPS) is 9.44. The number of aromatic hydroxyl groups is 1. The van der Waals surface area contributed by atoms with E-state index in [1.165, 1.54) is 6.07 Å². The van der Waals surface area contributed by atoms with Crippen LogP contribution in [0.5, 0.6) is 5.75 Å². The van der Waals surface area contributed by atoms with Gasteiger partial charge in [-0.1, -0.05) is 0 Å². The van der Waals surface area contributed by atoms with Crippen LogP contribution in [-0.2, 0) is 0 Å². The second kappa shape index (κ2) is 1.93. The number of nitrogens with two attached hydrogens (primary N) is 1. The summed E-state index contributed by atoms with van der Waals surface area (Å²) in [6.45, 7) is 1.82. The molecular weight excluding hydrogens is 116 g/mol. The maximum Gasteiger partial charge on any atom is 0.166 e. The second-order valence-corrected chi connectivity index (χ2v) is 1.86. The van der Waals surface area contributed by atoms with Crippen molar-refractivity contribution in [2.75, 3.05) is 5.73 Å². The number of pyridine rings is 1. The first-order chi connectivity index (χ1) is 4.20. The van der Waals surface area contributed by atoms with Gasteiger partial charge < -0.3 is 10.8 Å². The molecule has 3 N–H and O–H groups in total. The van der Waals surface area contributed by atoms with Gasteiger partial charge in [0.2, 0.25) is 0 Å². The molecule has 1 aromatic rings. The molecule has 9 heavy (non-hydrogen) atoms. The molecule has 0 unspecified atom stereocenters. The number of aryl methyl sites for hydroxylation is 1. The van der Waals surface area contributed by atoms with Crippen molar-refractivity contribution in [1.82, 2.24) is 4.98 Å². The van der Waals surface area contributed by atoms with Crippen LogP contribution in [0.2, 0.25) is 0 Å². The van der Waals surface area contributed by atoms with Gasteiger partial charge in [0.15, 0.2) is 11.6 Å². The third-order valence-electron chi connectivity index (χ3n) is 1.04. The molecule has 1 heterocycles. The number of hydrogen-bond donors (Lipinski definition) is 2. The monoisotopic (exact) mass is 124 g/mol. The molecule has 1 rings (SSSR count). The van der Waals surface area contributed by atoms with E-state index in [1.807, 2.05) is 6.92 Å². The molecule has 0 radical (unpaired) electrons. The molecule has 3 nitrogen and oxygen atoms in total. The zero-order valence-electron chi connectivity index (χ0n) is 5.13. The van der Waals surface area contributed by atoms with Crippen molar-refractivity contribution in [3.63, 3.8) is 0 Å². The summed E-state index contributed by atoms with van der Waals surface area (Å²) in [7, 11) is 0. The Morgan fingerprint density at radius 3 is 2.67 bits per heavy atom. The highest BCUT2D eigenvalue weighted by molar-refractivity contribution is 5.44. The lowest BCUT2D eigenvalue weighted by atomic mass is 10.3. The summed E-state index contributed by atoms with van der Waals surface area (Å²) >= 11 is 0. The molecule has 0 aliphatic heterocycles. The van der Waals surface area contributed by atoms with Crippen LogP contribution in [0.1, 0.15) is 5.69 Å². The fraction of sp³-hybridized carbons (Fsp3) is 0.167. The van der Waals surface area contributed by atoms with Crippen molar-refractivity contribution in [2.45, 2.75) is 6.92 Å². The summed E-state index contributed by atoms with van der Waals surface area (Å²) in [4.78, 5) is 3.80. The van der Waals surface area contributed by atoms with Crippen molar-refractivity contribution in [2.24, 2.45) is 0 Å². The van der Waals surface area contributed by atoms with Gasteiger partial charge in [-0.15, -0.1) is 0 Å². The first kappa shape index (κ1) is 5.88. The Hall–Kier alpha value is -1.25. The second-order valence-electron chi connectivity index (χ2n) is 1.86. The molecule has 3 heteroatoms. The highest BCUT2D eigenvalue weighted by Crippen LogP contribution is 2.15. The van der Waals surface area contributed by atoms with E-state index in [-0.39, 0.29) is 11.6 Å². The molecule has 0 atom stereocenters. The molecular formula is C6H8N2O. The molecule has 0 saturated carbocycles. The molecule has 1 aromatic heterocycles. The quantitative estimate of drug-likeness (QED) is 0.534. The maximum absolute atomic E-state index is 8.86. The molecule has 0 aliphatic carbocycles. The van der Waals surface area contributed by atoms with Gasteiger partial charge in [0.25, 0.3) is 0 Å². The predicted octanol–water partition coefficient (Wildman–Crippen LogP) is 0.678. The van der Waals surface area contributed by atoms with E-state index < -0.39 is 0 Å². The Balaban J connectivity index is 3.17. The standard InChI is InChI=1S/C6H8N2O/c1-4-2-3-5(9)6(7)8-4/h2-3,9H,1H3,(H2,7,8). The van der Waals surface area contributed by atoms with Crippen LogP contribution in [0.3, 0.4) is 0 Å². The number of hydrogen-bond acceptors (Lipinski definition) is 3. The summed E-state index contributed by atoms with van der Waals surface area (Å²) in [5, 5.41) is 8.86. The topological polar surface area (TPSA) is 59.1 Å². The zero-order chi connectivity index (χ0) is 6.85. The van der Waals surface area contributed by atoms with Gasteiger partial charge in [-0.25, -0.2) is 4.98 Å². The highest BCUT2D eigenvalue weighted by Gasteiger charge is 1.94. The maximum atomic E-state index is 8.86. The van der Waals surface area contributed by atoms with Gasteiger partial charge in [-0.3, -0.25) is 0 Å². The van der Waals surface area contributed by atoms with Crippen LogP contribution >= 0.6 is 0 Å². The molecule has 0 aliphatic rings. The lowest BCUT2D eigenvalue weighted by Gasteiger charge is -1.96. The molecule has 0 spiro atoms. The van der Waals surface area contributed by atoms with E-state index >= 15 is 0 Å². The first-order valence-corrected chi connectivity index (χ1v) is 2.62. The fourth-order valence-corrected chi connectivity index (χ4v) is 0.569. The molecule has 0 fully saturated rings. The van der Waals surface area contributed by atoms with Crippen molar-refractivity contribution in [3.05, 3.63) is 17.8 Å². The third-order valence-corrected chi connectivity index (χ3v) is 1.04. The minimum atomic E-state index is 0.0422. The minimum Gasteiger partial charge on any atom is -0.504 e. The van der Waals surface area contributed by atoms with Gasteiger partial charge in [-0.2, -0.15) is 0 Å². The molecule has 0 amide bonds. The van der Waals surface area contributed by atoms with E-state index in [4.69, 9.17) is 10.8 Å². The zero-order valence-corrected chi connectivity index (χ0v) is 5.13. The van der Waals surface area contributed by atoms with E-state index in [1.54, 1.807) is 6.07 Å². The van der Waals surface area contributed by atoms with E-state index in [0.29, 0.717) is 0 Å². The Morgan fingerprint density at radius 1 is 1.56 bits per heavy atom. The largest absolute Gasteiger partial charge is 0.504 e. The van der Waals surface area contributed by atoms with Crippen molar-refractivity contribution >= 4 is 5.82 Å². The summed E-state index contributed by atoms with van der Waals surface area (Å²) in [6, 6.07) is 3.23. The van der Waals surface area contributed by atoms with E-state index in [9.17, 15) is 0 Å². The SMILES string of the molecule is Cc1ccc(O)c(N)n1. The number of aromatic nitrogens is 1. The molecule has 48 valence electrons. The van der Waals surface area contributed by atoms with Crippen LogP contribution in [0.15, 0.2) is 12.1 Å². The van der Waals surface area contributed by atoms with Crippen molar-refractivity contribution < 1.29 is 5.11 Å². The minimum absolute atomic E-state index is 0.0422. The Morgan fingerprint density at radius 2 is 2.22 bits per heavy atom. The fourth-order valence-electron chi connectivity index (χ4n) is 0.569. The third kappa shape index (κ3) is 1.10. The van der Waals surface area contributed by atoms with Crippen LogP contribution in [0.4, 0.5) is 5.82 Å². The van der Waals surface area contributed by atoms with Gasteiger partial charge in [0.1, 0.15) is 0 Å². The van der Waals surface area contributed by atoms with Gasteiger partial charge in [0.05, 0.1) is 0 Å². The molecule has 0 aromatic carbocycles. The van der Waals surface area contributed by atoms with Crippen LogP contribution < -0.4 is 5.73 Å². The Kier molecular flexibility index (Phi) is 1.26. The summed E-state index contributed by atoms with van der Waals surface area (Å²) in [5.74, 6) is 0.232. The molecule has 0 saturated heterocycles. The number of nitrogens with zero attached hydrogens (tertiary/aromatic N) is 1. The first-order valence-electron chi connectivity index (χ1n) is 2.62.